The standard InChI is InChI=1S/C32H41N3O5S/c1-5-22-33-32(37)28(6-2)34(23-21-26-13-9-8-10-14-26)31(36)24-35(29-15-11-12-16-30(29)40-7-3)41(38,39)27-19-17-25(4)18-20-27/h8-20,28H,5-7,21-24H2,1-4H3,(H,33,37)/t28-/m0/s1. The molecule has 1 N–H and O–H groups in total. The summed E-state index contributed by atoms with van der Waals surface area (Å²) in [6, 6.07) is 22.2. The number of nitrogens with zero attached hydrogens (tertiary/aromatic N) is 2. The van der Waals surface area contributed by atoms with Gasteiger partial charge in [0.1, 0.15) is 18.3 Å². The molecule has 8 nitrogen and oxygen atoms in total. The van der Waals surface area contributed by atoms with Gasteiger partial charge in [-0.2, -0.15) is 0 Å². The lowest BCUT2D eigenvalue weighted by Crippen LogP contribution is -2.53. The van der Waals surface area contributed by atoms with Crippen molar-refractivity contribution in [3.05, 3.63) is 90.0 Å². The predicted octanol–water partition coefficient (Wildman–Crippen LogP) is 4.97. The highest BCUT2D eigenvalue weighted by atomic mass is 32.2. The number of carbonyl (C=O) groups excluding carboxylic acids is 2. The van der Waals surface area contributed by atoms with Crippen LogP contribution in [0.5, 0.6) is 5.75 Å². The smallest absolute Gasteiger partial charge is 0.264 e. The van der Waals surface area contributed by atoms with E-state index in [1.807, 2.05) is 58.0 Å². The molecule has 1 atom stereocenters. The second kappa shape index (κ2) is 15.2. The first-order valence-electron chi connectivity index (χ1n) is 14.1. The van der Waals surface area contributed by atoms with Gasteiger partial charge in [0.2, 0.25) is 11.8 Å². The Bertz CT molecular complexity index is 1380. The number of sulfonamides is 1. The zero-order chi connectivity index (χ0) is 29.8. The molecule has 0 unspecified atom stereocenters. The molecule has 0 saturated heterocycles. The fourth-order valence-corrected chi connectivity index (χ4v) is 5.98. The van der Waals surface area contributed by atoms with Crippen LogP contribution in [0, 0.1) is 6.92 Å². The summed E-state index contributed by atoms with van der Waals surface area (Å²) in [4.78, 5) is 28.9. The van der Waals surface area contributed by atoms with Gasteiger partial charge in [0.05, 0.1) is 17.2 Å². The topological polar surface area (TPSA) is 96.0 Å². The number of carbonyl (C=O) groups is 2. The molecule has 3 aromatic rings. The van der Waals surface area contributed by atoms with Crippen LogP contribution in [0.3, 0.4) is 0 Å². The van der Waals surface area contributed by atoms with Gasteiger partial charge in [0, 0.05) is 13.1 Å². The lowest BCUT2D eigenvalue weighted by molar-refractivity contribution is -0.139. The van der Waals surface area contributed by atoms with Gasteiger partial charge in [0.25, 0.3) is 10.0 Å². The number of aryl methyl sites for hydroxylation is 1. The monoisotopic (exact) mass is 579 g/mol. The van der Waals surface area contributed by atoms with E-state index in [1.54, 1.807) is 36.4 Å². The van der Waals surface area contributed by atoms with Gasteiger partial charge in [-0.05, 0) is 62.9 Å². The lowest BCUT2D eigenvalue weighted by Gasteiger charge is -2.33. The van der Waals surface area contributed by atoms with Crippen molar-refractivity contribution in [1.29, 1.82) is 0 Å². The number of hydrogen-bond acceptors (Lipinski definition) is 5. The average Bonchev–Trinajstić information content (AvgIpc) is 2.98. The van der Waals surface area contributed by atoms with Crippen LogP contribution < -0.4 is 14.4 Å². The molecule has 9 heteroatoms. The van der Waals surface area contributed by atoms with E-state index in [0.29, 0.717) is 31.7 Å². The molecule has 2 amide bonds. The predicted molar refractivity (Wildman–Crippen MR) is 163 cm³/mol. The Morgan fingerprint density at radius 1 is 0.902 bits per heavy atom. The molecular weight excluding hydrogens is 538 g/mol. The summed E-state index contributed by atoms with van der Waals surface area (Å²) in [6.07, 6.45) is 1.66. The third-order valence-electron chi connectivity index (χ3n) is 6.74. The summed E-state index contributed by atoms with van der Waals surface area (Å²) in [5, 5.41) is 2.90. The number of amides is 2. The third kappa shape index (κ3) is 8.33. The van der Waals surface area contributed by atoms with Gasteiger partial charge in [-0.25, -0.2) is 8.42 Å². The first-order chi connectivity index (χ1) is 19.7. The van der Waals surface area contributed by atoms with Crippen molar-refractivity contribution in [3.63, 3.8) is 0 Å². The van der Waals surface area contributed by atoms with Gasteiger partial charge in [-0.3, -0.25) is 13.9 Å². The summed E-state index contributed by atoms with van der Waals surface area (Å²) in [7, 11) is -4.17. The van der Waals surface area contributed by atoms with E-state index in [-0.39, 0.29) is 23.0 Å². The van der Waals surface area contributed by atoms with Crippen LogP contribution in [-0.2, 0) is 26.0 Å². The Morgan fingerprint density at radius 2 is 1.56 bits per heavy atom. The van der Waals surface area contributed by atoms with Gasteiger partial charge < -0.3 is 15.0 Å². The zero-order valence-electron chi connectivity index (χ0n) is 24.4. The van der Waals surface area contributed by atoms with Crippen LogP contribution >= 0.6 is 0 Å². The van der Waals surface area contributed by atoms with E-state index in [2.05, 4.69) is 5.32 Å². The van der Waals surface area contributed by atoms with Crippen molar-refractivity contribution < 1.29 is 22.7 Å². The molecule has 0 heterocycles. The second-order valence-electron chi connectivity index (χ2n) is 9.76. The first-order valence-corrected chi connectivity index (χ1v) is 15.6. The Morgan fingerprint density at radius 3 is 2.20 bits per heavy atom. The quantitative estimate of drug-likeness (QED) is 0.275. The molecule has 220 valence electrons. The molecule has 0 radical (unpaired) electrons. The molecule has 0 fully saturated rings. The molecule has 0 aromatic heterocycles. The van der Waals surface area contributed by atoms with Crippen molar-refractivity contribution in [1.82, 2.24) is 10.2 Å². The minimum Gasteiger partial charge on any atom is -0.492 e. The van der Waals surface area contributed by atoms with Crippen LogP contribution in [0.1, 0.15) is 44.7 Å². The average molecular weight is 580 g/mol. The molecule has 0 saturated carbocycles. The van der Waals surface area contributed by atoms with Crippen molar-refractivity contribution in [2.45, 2.75) is 57.9 Å². The number of hydrogen-bond donors (Lipinski definition) is 1. The maximum atomic E-state index is 14.1. The van der Waals surface area contributed by atoms with Crippen molar-refractivity contribution in [2.75, 3.05) is 30.5 Å². The molecular formula is C32H41N3O5S. The minimum absolute atomic E-state index is 0.0609. The fourth-order valence-electron chi connectivity index (χ4n) is 4.55. The second-order valence-corrected chi connectivity index (χ2v) is 11.6. The van der Waals surface area contributed by atoms with Crippen molar-refractivity contribution in [2.24, 2.45) is 0 Å². The molecule has 0 aliphatic rings. The highest BCUT2D eigenvalue weighted by Gasteiger charge is 2.34. The highest BCUT2D eigenvalue weighted by Crippen LogP contribution is 2.33. The van der Waals surface area contributed by atoms with Crippen LogP contribution in [-0.4, -0.2) is 57.4 Å². The first kappa shape index (κ1) is 31.7. The molecule has 3 rings (SSSR count). The largest absolute Gasteiger partial charge is 0.492 e. The summed E-state index contributed by atoms with van der Waals surface area (Å²) >= 11 is 0. The number of nitrogens with one attached hydrogen (secondary N) is 1. The van der Waals surface area contributed by atoms with E-state index < -0.39 is 28.5 Å². The Balaban J connectivity index is 2.05. The minimum atomic E-state index is -4.17. The molecule has 0 aliphatic heterocycles. The summed E-state index contributed by atoms with van der Waals surface area (Å²) in [5.41, 5.74) is 2.19. The molecule has 3 aromatic carbocycles. The molecule has 0 bridgehead atoms. The van der Waals surface area contributed by atoms with Crippen LogP contribution in [0.2, 0.25) is 0 Å². The van der Waals surface area contributed by atoms with Gasteiger partial charge >= 0.3 is 0 Å². The Labute approximate surface area is 244 Å². The summed E-state index contributed by atoms with van der Waals surface area (Å²) in [6.45, 7) is 8.08. The third-order valence-corrected chi connectivity index (χ3v) is 8.51. The van der Waals surface area contributed by atoms with E-state index >= 15 is 0 Å². The van der Waals surface area contributed by atoms with E-state index in [1.165, 1.54) is 17.0 Å². The van der Waals surface area contributed by atoms with Gasteiger partial charge in [-0.15, -0.1) is 0 Å². The lowest BCUT2D eigenvalue weighted by atomic mass is 10.1. The highest BCUT2D eigenvalue weighted by molar-refractivity contribution is 7.92. The number of ether oxygens (including phenoxy) is 1. The molecule has 41 heavy (non-hydrogen) atoms. The maximum absolute atomic E-state index is 14.1. The van der Waals surface area contributed by atoms with Crippen LogP contribution in [0.15, 0.2) is 83.8 Å². The zero-order valence-corrected chi connectivity index (χ0v) is 25.2. The van der Waals surface area contributed by atoms with E-state index in [0.717, 1.165) is 21.9 Å². The SMILES string of the molecule is CCCNC(=O)[C@H](CC)N(CCc1ccccc1)C(=O)CN(c1ccccc1OCC)S(=O)(=O)c1ccc(C)cc1. The van der Waals surface area contributed by atoms with Crippen molar-refractivity contribution in [3.8, 4) is 5.75 Å². The van der Waals surface area contributed by atoms with Crippen LogP contribution in [0.25, 0.3) is 0 Å². The fraction of sp³-hybridized carbons (Fsp3) is 0.375. The van der Waals surface area contributed by atoms with E-state index in [4.69, 9.17) is 4.74 Å². The molecule has 0 aliphatic carbocycles. The number of rotatable bonds is 15. The van der Waals surface area contributed by atoms with Gasteiger partial charge in [-0.1, -0.05) is 74.0 Å². The summed E-state index contributed by atoms with van der Waals surface area (Å²) < 4.78 is 35.0. The number of benzene rings is 3. The maximum Gasteiger partial charge on any atom is 0.264 e. The molecule has 0 spiro atoms. The van der Waals surface area contributed by atoms with Gasteiger partial charge in [0.15, 0.2) is 0 Å². The Kier molecular flexibility index (Phi) is 11.8. The summed E-state index contributed by atoms with van der Waals surface area (Å²) in [5.74, 6) is -0.373. The van der Waals surface area contributed by atoms with Crippen LogP contribution in [0.4, 0.5) is 5.69 Å². The van der Waals surface area contributed by atoms with E-state index in [9.17, 15) is 18.0 Å². The Hall–Kier alpha value is -3.85. The normalized spacial score (nSPS) is 11.9. The number of para-hydroxylation sites is 2. The van der Waals surface area contributed by atoms with Crippen molar-refractivity contribution >= 4 is 27.5 Å². The number of anilines is 1.